The molecule has 1 amide bonds. The second-order valence-electron chi connectivity index (χ2n) is 4.75. The molecule has 0 aromatic carbocycles. The minimum Gasteiger partial charge on any atom is -0.396 e. The van der Waals surface area contributed by atoms with E-state index in [1.54, 1.807) is 6.92 Å². The van der Waals surface area contributed by atoms with Gasteiger partial charge in [-0.3, -0.25) is 4.79 Å². The molecule has 102 valence electrons. The molecule has 0 aliphatic heterocycles. The number of aromatic nitrogens is 1. The van der Waals surface area contributed by atoms with Gasteiger partial charge < -0.3 is 14.9 Å². The molecule has 2 N–H and O–H groups in total. The second kappa shape index (κ2) is 6.54. The van der Waals surface area contributed by atoms with Crippen LogP contribution in [0.5, 0.6) is 0 Å². The van der Waals surface area contributed by atoms with Crippen LogP contribution in [0.4, 0.5) is 0 Å². The van der Waals surface area contributed by atoms with Crippen LogP contribution < -0.4 is 5.32 Å². The fourth-order valence-electron chi connectivity index (χ4n) is 1.90. The molecule has 0 saturated heterocycles. The van der Waals surface area contributed by atoms with Gasteiger partial charge >= 0.3 is 0 Å². The van der Waals surface area contributed by atoms with Crippen molar-refractivity contribution in [3.63, 3.8) is 0 Å². The van der Waals surface area contributed by atoms with Crippen LogP contribution in [0.3, 0.4) is 0 Å². The highest BCUT2D eigenvalue weighted by Crippen LogP contribution is 2.15. The van der Waals surface area contributed by atoms with Gasteiger partial charge in [0.1, 0.15) is 11.3 Å². The van der Waals surface area contributed by atoms with Gasteiger partial charge in [-0.2, -0.15) is 0 Å². The first-order valence-electron chi connectivity index (χ1n) is 6.38. The maximum Gasteiger partial charge on any atom is 0.257 e. The Labute approximate surface area is 108 Å². The van der Waals surface area contributed by atoms with Crippen LogP contribution in [0.1, 0.15) is 49.0 Å². The molecule has 0 saturated carbocycles. The summed E-state index contributed by atoms with van der Waals surface area (Å²) in [6.07, 6.45) is 1.21. The molecule has 5 heteroatoms. The van der Waals surface area contributed by atoms with Gasteiger partial charge in [-0.15, -0.1) is 0 Å². The van der Waals surface area contributed by atoms with E-state index < -0.39 is 0 Å². The Kier molecular flexibility index (Phi) is 5.34. The number of rotatable bonds is 6. The molecule has 1 unspecified atom stereocenters. The Bertz CT molecular complexity index is 399. The predicted octanol–water partition coefficient (Wildman–Crippen LogP) is 1.68. The highest BCUT2D eigenvalue weighted by atomic mass is 16.5. The summed E-state index contributed by atoms with van der Waals surface area (Å²) in [5, 5.41) is 15.8. The molecule has 0 aliphatic carbocycles. The summed E-state index contributed by atoms with van der Waals surface area (Å²) in [5.74, 6) is 0.639. The first-order valence-corrected chi connectivity index (χ1v) is 6.38. The Morgan fingerprint density at radius 3 is 2.67 bits per heavy atom. The average Bonchev–Trinajstić information content (AvgIpc) is 2.69. The molecule has 0 fully saturated rings. The smallest absolute Gasteiger partial charge is 0.257 e. The zero-order valence-electron chi connectivity index (χ0n) is 11.5. The molecular formula is C13H22N2O3. The third-order valence-electron chi connectivity index (χ3n) is 3.06. The molecule has 0 bridgehead atoms. The van der Waals surface area contributed by atoms with E-state index in [1.807, 2.05) is 20.8 Å². The predicted molar refractivity (Wildman–Crippen MR) is 68.4 cm³/mol. The van der Waals surface area contributed by atoms with Crippen molar-refractivity contribution in [2.75, 3.05) is 6.61 Å². The molecular weight excluding hydrogens is 232 g/mol. The van der Waals surface area contributed by atoms with Gasteiger partial charge in [-0.05, 0) is 25.7 Å². The number of hydrogen-bond donors (Lipinski definition) is 2. The lowest BCUT2D eigenvalue weighted by Crippen LogP contribution is -2.39. The zero-order valence-corrected chi connectivity index (χ0v) is 11.5. The van der Waals surface area contributed by atoms with E-state index in [0.717, 1.165) is 0 Å². The quantitative estimate of drug-likeness (QED) is 0.810. The van der Waals surface area contributed by atoms with Gasteiger partial charge in [-0.1, -0.05) is 25.9 Å². The van der Waals surface area contributed by atoms with Crippen molar-refractivity contribution in [1.82, 2.24) is 10.5 Å². The number of aliphatic hydroxyl groups excluding tert-OH is 1. The Morgan fingerprint density at radius 2 is 2.17 bits per heavy atom. The average molecular weight is 254 g/mol. The van der Waals surface area contributed by atoms with Crippen molar-refractivity contribution < 1.29 is 14.4 Å². The number of nitrogens with one attached hydrogen (secondary N) is 1. The van der Waals surface area contributed by atoms with Gasteiger partial charge in [0, 0.05) is 12.6 Å². The van der Waals surface area contributed by atoms with Gasteiger partial charge in [0.25, 0.3) is 5.91 Å². The first-order chi connectivity index (χ1) is 8.51. The minimum atomic E-state index is -0.169. The fourth-order valence-corrected chi connectivity index (χ4v) is 1.90. The largest absolute Gasteiger partial charge is 0.396 e. The number of carbonyl (C=O) groups excluding carboxylic acids is 1. The van der Waals surface area contributed by atoms with Crippen LogP contribution in [-0.2, 0) is 6.42 Å². The lowest BCUT2D eigenvalue weighted by molar-refractivity contribution is 0.0914. The lowest BCUT2D eigenvalue weighted by Gasteiger charge is -2.21. The monoisotopic (exact) mass is 254 g/mol. The topological polar surface area (TPSA) is 75.4 Å². The van der Waals surface area contributed by atoms with E-state index in [0.29, 0.717) is 29.9 Å². The summed E-state index contributed by atoms with van der Waals surface area (Å²) in [6.45, 7) is 7.76. The van der Waals surface area contributed by atoms with Crippen LogP contribution in [0, 0.1) is 12.8 Å². The molecule has 1 aromatic rings. The maximum absolute atomic E-state index is 12.2. The van der Waals surface area contributed by atoms with Crippen molar-refractivity contribution in [2.45, 2.75) is 46.6 Å². The number of aryl methyl sites for hydroxylation is 2. The SMILES string of the molecule is CCc1noc(C)c1C(=O)NC(CCO)C(C)C. The van der Waals surface area contributed by atoms with Crippen molar-refractivity contribution in [1.29, 1.82) is 0 Å². The van der Waals surface area contributed by atoms with Gasteiger partial charge in [0.2, 0.25) is 0 Å². The summed E-state index contributed by atoms with van der Waals surface area (Å²) < 4.78 is 5.05. The summed E-state index contributed by atoms with van der Waals surface area (Å²) in [7, 11) is 0. The van der Waals surface area contributed by atoms with Crippen molar-refractivity contribution >= 4 is 5.91 Å². The first kappa shape index (κ1) is 14.7. The summed E-state index contributed by atoms with van der Waals surface area (Å²) in [4.78, 5) is 12.2. The van der Waals surface area contributed by atoms with E-state index in [1.165, 1.54) is 0 Å². The third-order valence-corrected chi connectivity index (χ3v) is 3.06. The van der Waals surface area contributed by atoms with Gasteiger partial charge in [0.05, 0.1) is 5.69 Å². The van der Waals surface area contributed by atoms with E-state index in [4.69, 9.17) is 9.63 Å². The summed E-state index contributed by atoms with van der Waals surface area (Å²) in [6, 6.07) is -0.0403. The highest BCUT2D eigenvalue weighted by Gasteiger charge is 2.22. The van der Waals surface area contributed by atoms with E-state index in [9.17, 15) is 4.79 Å². The molecule has 1 atom stereocenters. The number of carbonyl (C=O) groups is 1. The molecule has 0 spiro atoms. The Hall–Kier alpha value is -1.36. The molecule has 1 rings (SSSR count). The molecule has 18 heavy (non-hydrogen) atoms. The molecule has 0 aliphatic rings. The standard InChI is InChI=1S/C13H22N2O3/c1-5-10-12(9(4)18-15-10)13(17)14-11(6-7-16)8(2)3/h8,11,16H,5-7H2,1-4H3,(H,14,17). The number of aliphatic hydroxyl groups is 1. The van der Waals surface area contributed by atoms with E-state index >= 15 is 0 Å². The van der Waals surface area contributed by atoms with Gasteiger partial charge in [0.15, 0.2) is 0 Å². The number of amides is 1. The molecule has 1 heterocycles. The van der Waals surface area contributed by atoms with Crippen molar-refractivity contribution in [3.05, 3.63) is 17.0 Å². The second-order valence-corrected chi connectivity index (χ2v) is 4.75. The molecule has 0 radical (unpaired) electrons. The van der Waals surface area contributed by atoms with Crippen LogP contribution in [0.2, 0.25) is 0 Å². The number of hydrogen-bond acceptors (Lipinski definition) is 4. The van der Waals surface area contributed by atoms with Crippen LogP contribution >= 0.6 is 0 Å². The van der Waals surface area contributed by atoms with Crippen LogP contribution in [0.25, 0.3) is 0 Å². The Balaban J connectivity index is 2.83. The fraction of sp³-hybridized carbons (Fsp3) is 0.692. The van der Waals surface area contributed by atoms with Crippen LogP contribution in [-0.4, -0.2) is 28.8 Å². The normalized spacial score (nSPS) is 12.8. The third kappa shape index (κ3) is 3.32. The van der Waals surface area contributed by atoms with Crippen molar-refractivity contribution in [3.8, 4) is 0 Å². The minimum absolute atomic E-state index is 0.0403. The van der Waals surface area contributed by atoms with E-state index in [2.05, 4.69) is 10.5 Å². The zero-order chi connectivity index (χ0) is 13.7. The molecule has 1 aromatic heterocycles. The summed E-state index contributed by atoms with van der Waals surface area (Å²) in [5.41, 5.74) is 1.21. The van der Waals surface area contributed by atoms with Gasteiger partial charge in [-0.25, -0.2) is 0 Å². The van der Waals surface area contributed by atoms with Crippen LogP contribution in [0.15, 0.2) is 4.52 Å². The van der Waals surface area contributed by atoms with E-state index in [-0.39, 0.29) is 24.5 Å². The Morgan fingerprint density at radius 1 is 1.50 bits per heavy atom. The lowest BCUT2D eigenvalue weighted by atomic mass is 10.0. The summed E-state index contributed by atoms with van der Waals surface area (Å²) >= 11 is 0. The highest BCUT2D eigenvalue weighted by molar-refractivity contribution is 5.96. The van der Waals surface area contributed by atoms with Crippen molar-refractivity contribution in [2.24, 2.45) is 5.92 Å². The maximum atomic E-state index is 12.2. The molecule has 5 nitrogen and oxygen atoms in total. The number of nitrogens with zero attached hydrogens (tertiary/aromatic N) is 1.